The van der Waals surface area contributed by atoms with Crippen LogP contribution in [0.1, 0.15) is 58.1 Å². The van der Waals surface area contributed by atoms with Gasteiger partial charge in [0.15, 0.2) is 0 Å². The van der Waals surface area contributed by atoms with Crippen molar-refractivity contribution in [3.05, 3.63) is 29.8 Å². The summed E-state index contributed by atoms with van der Waals surface area (Å²) >= 11 is 0. The van der Waals surface area contributed by atoms with E-state index in [-0.39, 0.29) is 6.10 Å². The molecule has 0 spiro atoms. The smallest absolute Gasteiger partial charge is 0.119 e. The second-order valence-corrected chi connectivity index (χ2v) is 4.76. The zero-order valence-electron chi connectivity index (χ0n) is 11.9. The van der Waals surface area contributed by atoms with Gasteiger partial charge in [-0.3, -0.25) is 0 Å². The molecule has 102 valence electrons. The molecule has 0 amide bonds. The van der Waals surface area contributed by atoms with Gasteiger partial charge in [-0.1, -0.05) is 45.2 Å². The molecule has 0 saturated heterocycles. The van der Waals surface area contributed by atoms with Gasteiger partial charge in [0.1, 0.15) is 5.75 Å². The summed E-state index contributed by atoms with van der Waals surface area (Å²) in [6.07, 6.45) is 4.15. The number of hydrogen-bond donors (Lipinski definition) is 1. The molecule has 0 aromatic heterocycles. The summed E-state index contributed by atoms with van der Waals surface area (Å²) in [5, 5.41) is 10.4. The maximum absolute atomic E-state index is 10.4. The second kappa shape index (κ2) is 8.15. The molecule has 0 aliphatic heterocycles. The van der Waals surface area contributed by atoms with E-state index < -0.39 is 0 Å². The Balaban J connectivity index is 2.65. The summed E-state index contributed by atoms with van der Waals surface area (Å²) in [6, 6.07) is 7.83. The van der Waals surface area contributed by atoms with Crippen LogP contribution in [0.5, 0.6) is 5.75 Å². The van der Waals surface area contributed by atoms with Gasteiger partial charge in [-0.25, -0.2) is 0 Å². The van der Waals surface area contributed by atoms with E-state index in [9.17, 15) is 5.11 Å². The summed E-state index contributed by atoms with van der Waals surface area (Å²) < 4.78 is 5.41. The van der Waals surface area contributed by atoms with Crippen LogP contribution in [0.15, 0.2) is 24.3 Å². The van der Waals surface area contributed by atoms with Crippen molar-refractivity contribution < 1.29 is 9.84 Å². The van der Waals surface area contributed by atoms with Gasteiger partial charge < -0.3 is 9.84 Å². The first-order valence-electron chi connectivity index (χ1n) is 7.13. The van der Waals surface area contributed by atoms with Crippen LogP contribution in [0.2, 0.25) is 0 Å². The highest BCUT2D eigenvalue weighted by Gasteiger charge is 2.18. The molecule has 0 bridgehead atoms. The standard InChI is InChI=1S/C16H26O2/c1-4-7-8-13(5-2)16(17)14-9-11-15(12-10-14)18-6-3/h9-13,16-17H,4-8H2,1-3H3. The third-order valence-corrected chi connectivity index (χ3v) is 3.43. The maximum atomic E-state index is 10.4. The fourth-order valence-corrected chi connectivity index (χ4v) is 2.25. The number of rotatable bonds is 8. The molecule has 18 heavy (non-hydrogen) atoms. The first-order valence-corrected chi connectivity index (χ1v) is 7.13. The molecule has 2 atom stereocenters. The molecule has 0 aliphatic carbocycles. The number of aliphatic hydroxyl groups is 1. The lowest BCUT2D eigenvalue weighted by Crippen LogP contribution is -2.12. The Kier molecular flexibility index (Phi) is 6.81. The molecule has 2 heteroatoms. The van der Waals surface area contributed by atoms with Crippen LogP contribution in [0.3, 0.4) is 0 Å². The minimum atomic E-state index is -0.350. The normalized spacial score (nSPS) is 14.2. The zero-order chi connectivity index (χ0) is 13.4. The van der Waals surface area contributed by atoms with E-state index in [1.54, 1.807) is 0 Å². The Bertz CT molecular complexity index is 318. The van der Waals surface area contributed by atoms with Gasteiger partial charge in [-0.15, -0.1) is 0 Å². The first kappa shape index (κ1) is 15.0. The molecular weight excluding hydrogens is 224 g/mol. The molecule has 0 saturated carbocycles. The lowest BCUT2D eigenvalue weighted by atomic mass is 9.89. The van der Waals surface area contributed by atoms with Crippen LogP contribution in [0.4, 0.5) is 0 Å². The van der Waals surface area contributed by atoms with Crippen LogP contribution >= 0.6 is 0 Å². The molecule has 1 aromatic rings. The third-order valence-electron chi connectivity index (χ3n) is 3.43. The molecule has 0 aliphatic rings. The quantitative estimate of drug-likeness (QED) is 0.744. The summed E-state index contributed by atoms with van der Waals surface area (Å²) in [5.41, 5.74) is 1.00. The molecule has 0 heterocycles. The van der Waals surface area contributed by atoms with Crippen molar-refractivity contribution >= 4 is 0 Å². The van der Waals surface area contributed by atoms with Gasteiger partial charge in [0.05, 0.1) is 12.7 Å². The molecule has 0 fully saturated rings. The van der Waals surface area contributed by atoms with Crippen molar-refractivity contribution in [2.24, 2.45) is 5.92 Å². The van der Waals surface area contributed by atoms with E-state index in [0.29, 0.717) is 12.5 Å². The van der Waals surface area contributed by atoms with E-state index in [4.69, 9.17) is 4.74 Å². The van der Waals surface area contributed by atoms with Crippen molar-refractivity contribution in [1.29, 1.82) is 0 Å². The molecule has 1 rings (SSSR count). The Morgan fingerprint density at radius 1 is 1.11 bits per heavy atom. The van der Waals surface area contributed by atoms with Crippen LogP contribution < -0.4 is 4.74 Å². The van der Waals surface area contributed by atoms with Crippen LogP contribution in [-0.2, 0) is 0 Å². The van der Waals surface area contributed by atoms with Crippen molar-refractivity contribution in [3.63, 3.8) is 0 Å². The summed E-state index contributed by atoms with van der Waals surface area (Å²) in [5.74, 6) is 1.23. The SMILES string of the molecule is CCCCC(CC)C(O)c1ccc(OCC)cc1. The topological polar surface area (TPSA) is 29.5 Å². The number of aliphatic hydroxyl groups excluding tert-OH is 1. The van der Waals surface area contributed by atoms with E-state index in [0.717, 1.165) is 24.2 Å². The van der Waals surface area contributed by atoms with Crippen LogP contribution in [0.25, 0.3) is 0 Å². The Labute approximate surface area is 111 Å². The number of ether oxygens (including phenoxy) is 1. The fourth-order valence-electron chi connectivity index (χ4n) is 2.25. The van der Waals surface area contributed by atoms with Crippen LogP contribution in [0, 0.1) is 5.92 Å². The van der Waals surface area contributed by atoms with Gasteiger partial charge in [-0.2, -0.15) is 0 Å². The third kappa shape index (κ3) is 4.34. The number of unbranched alkanes of at least 4 members (excludes halogenated alkanes) is 1. The van der Waals surface area contributed by atoms with E-state index in [1.165, 1.54) is 12.8 Å². The van der Waals surface area contributed by atoms with E-state index >= 15 is 0 Å². The predicted molar refractivity (Wildman–Crippen MR) is 75.9 cm³/mol. The summed E-state index contributed by atoms with van der Waals surface area (Å²) in [7, 11) is 0. The Morgan fingerprint density at radius 3 is 2.28 bits per heavy atom. The van der Waals surface area contributed by atoms with Crippen molar-refractivity contribution in [3.8, 4) is 5.75 Å². The average molecular weight is 250 g/mol. The van der Waals surface area contributed by atoms with Crippen molar-refractivity contribution in [1.82, 2.24) is 0 Å². The Morgan fingerprint density at radius 2 is 1.78 bits per heavy atom. The minimum absolute atomic E-state index is 0.350. The molecule has 0 radical (unpaired) electrons. The molecule has 1 N–H and O–H groups in total. The van der Waals surface area contributed by atoms with Gasteiger partial charge in [0.25, 0.3) is 0 Å². The largest absolute Gasteiger partial charge is 0.494 e. The van der Waals surface area contributed by atoms with Gasteiger partial charge in [0.2, 0.25) is 0 Å². The van der Waals surface area contributed by atoms with Gasteiger partial charge in [-0.05, 0) is 37.0 Å². The molecular formula is C16H26O2. The molecule has 2 nitrogen and oxygen atoms in total. The highest BCUT2D eigenvalue weighted by molar-refractivity contribution is 5.28. The van der Waals surface area contributed by atoms with Crippen molar-refractivity contribution in [2.75, 3.05) is 6.61 Å². The average Bonchev–Trinajstić information content (AvgIpc) is 2.40. The second-order valence-electron chi connectivity index (χ2n) is 4.76. The molecule has 2 unspecified atom stereocenters. The lowest BCUT2D eigenvalue weighted by molar-refractivity contribution is 0.0988. The highest BCUT2D eigenvalue weighted by Crippen LogP contribution is 2.29. The van der Waals surface area contributed by atoms with Crippen LogP contribution in [-0.4, -0.2) is 11.7 Å². The number of hydrogen-bond acceptors (Lipinski definition) is 2. The van der Waals surface area contributed by atoms with Gasteiger partial charge >= 0.3 is 0 Å². The number of benzene rings is 1. The highest BCUT2D eigenvalue weighted by atomic mass is 16.5. The predicted octanol–water partition coefficient (Wildman–Crippen LogP) is 4.34. The summed E-state index contributed by atoms with van der Waals surface area (Å²) in [4.78, 5) is 0. The zero-order valence-corrected chi connectivity index (χ0v) is 11.9. The monoisotopic (exact) mass is 250 g/mol. The first-order chi connectivity index (χ1) is 8.72. The van der Waals surface area contributed by atoms with Gasteiger partial charge in [0, 0.05) is 0 Å². The minimum Gasteiger partial charge on any atom is -0.494 e. The van der Waals surface area contributed by atoms with E-state index in [1.807, 2.05) is 31.2 Å². The van der Waals surface area contributed by atoms with Crippen molar-refractivity contribution in [2.45, 2.75) is 52.6 Å². The fraction of sp³-hybridized carbons (Fsp3) is 0.625. The Hall–Kier alpha value is -1.02. The molecule has 1 aromatic carbocycles. The summed E-state index contributed by atoms with van der Waals surface area (Å²) in [6.45, 7) is 6.99. The van der Waals surface area contributed by atoms with E-state index in [2.05, 4.69) is 13.8 Å². The lowest BCUT2D eigenvalue weighted by Gasteiger charge is -2.22. The maximum Gasteiger partial charge on any atom is 0.119 e.